The molecule has 38 heavy (non-hydrogen) atoms. The molecule has 1 amide bonds. The molecule has 4 rings (SSSR count). The number of benzene rings is 2. The van der Waals surface area contributed by atoms with Crippen molar-refractivity contribution in [1.82, 2.24) is 14.0 Å². The van der Waals surface area contributed by atoms with E-state index in [2.05, 4.69) is 0 Å². The summed E-state index contributed by atoms with van der Waals surface area (Å²) in [5, 5.41) is 0.188. The number of aromatic nitrogens is 2. The molecule has 9 nitrogen and oxygen atoms in total. The lowest BCUT2D eigenvalue weighted by molar-refractivity contribution is -0.130. The zero-order chi connectivity index (χ0) is 27.4. The lowest BCUT2D eigenvalue weighted by Crippen LogP contribution is -2.45. The van der Waals surface area contributed by atoms with Crippen LogP contribution in [0.15, 0.2) is 46.0 Å². The third-order valence-corrected chi connectivity index (χ3v) is 6.85. The predicted molar refractivity (Wildman–Crippen MR) is 138 cm³/mol. The Bertz CT molecular complexity index is 1420. The molecule has 0 bridgehead atoms. The van der Waals surface area contributed by atoms with Gasteiger partial charge in [0.1, 0.15) is 19.1 Å². The van der Waals surface area contributed by atoms with Crippen LogP contribution in [0.4, 0.5) is 8.78 Å². The normalized spacial score (nSPS) is 14.2. The molecule has 1 aliphatic rings. The van der Waals surface area contributed by atoms with Gasteiger partial charge >= 0.3 is 5.69 Å². The number of carbonyl (C=O) groups excluding carboxylic acids is 1. The molecule has 1 saturated heterocycles. The molecule has 1 fully saturated rings. The van der Waals surface area contributed by atoms with Crippen molar-refractivity contribution in [1.29, 1.82) is 0 Å². The number of alkyl halides is 2. The van der Waals surface area contributed by atoms with Gasteiger partial charge in [-0.2, -0.15) is 0 Å². The maximum atomic E-state index is 13.8. The molecule has 0 radical (unpaired) electrons. The van der Waals surface area contributed by atoms with E-state index in [1.54, 1.807) is 33.7 Å². The van der Waals surface area contributed by atoms with Crippen molar-refractivity contribution in [2.75, 3.05) is 40.7 Å². The van der Waals surface area contributed by atoms with Crippen LogP contribution in [0.1, 0.15) is 31.4 Å². The van der Waals surface area contributed by atoms with Crippen molar-refractivity contribution < 1.29 is 27.8 Å². The Labute approximate surface area is 218 Å². The van der Waals surface area contributed by atoms with E-state index >= 15 is 0 Å². The summed E-state index contributed by atoms with van der Waals surface area (Å²) in [5.74, 6) is 1.06. The Morgan fingerprint density at radius 3 is 2.29 bits per heavy atom. The van der Waals surface area contributed by atoms with Crippen LogP contribution in [0.3, 0.4) is 0 Å². The Morgan fingerprint density at radius 1 is 1.00 bits per heavy atom. The SMILES string of the molecule is COc1ccc(Cn2c(=O)c3cc(OC(CF)CF)ccc3n(C3CCN(C(C)=O)CC3)c2=O)cc1OC. The van der Waals surface area contributed by atoms with Crippen LogP contribution in [-0.2, 0) is 11.3 Å². The molecule has 0 unspecified atom stereocenters. The van der Waals surface area contributed by atoms with Gasteiger partial charge in [-0.25, -0.2) is 13.6 Å². The van der Waals surface area contributed by atoms with Gasteiger partial charge in [-0.1, -0.05) is 6.07 Å². The maximum Gasteiger partial charge on any atom is 0.332 e. The Balaban J connectivity index is 1.84. The molecular formula is C27H31F2N3O6. The van der Waals surface area contributed by atoms with E-state index in [1.165, 1.54) is 33.3 Å². The van der Waals surface area contributed by atoms with Gasteiger partial charge < -0.3 is 19.1 Å². The van der Waals surface area contributed by atoms with Crippen LogP contribution in [-0.4, -0.2) is 66.7 Å². The van der Waals surface area contributed by atoms with Crippen LogP contribution in [0.5, 0.6) is 17.2 Å². The number of fused-ring (bicyclic) bond motifs is 1. The summed E-state index contributed by atoms with van der Waals surface area (Å²) in [5.41, 5.74) is -0.00645. The molecule has 3 aromatic rings. The summed E-state index contributed by atoms with van der Waals surface area (Å²) in [7, 11) is 3.01. The molecule has 11 heteroatoms. The minimum atomic E-state index is -1.29. The van der Waals surface area contributed by atoms with Gasteiger partial charge in [0.2, 0.25) is 5.91 Å². The van der Waals surface area contributed by atoms with Crippen LogP contribution >= 0.6 is 0 Å². The van der Waals surface area contributed by atoms with E-state index in [-0.39, 0.29) is 29.6 Å². The first-order valence-corrected chi connectivity index (χ1v) is 12.3. The summed E-state index contributed by atoms with van der Waals surface area (Å²) in [4.78, 5) is 41.0. The van der Waals surface area contributed by atoms with Crippen molar-refractivity contribution in [2.45, 2.75) is 38.5 Å². The summed E-state index contributed by atoms with van der Waals surface area (Å²) < 4.78 is 44.9. The fraction of sp³-hybridized carbons (Fsp3) is 0.444. The summed E-state index contributed by atoms with van der Waals surface area (Å²) in [6.45, 7) is 0.396. The minimum Gasteiger partial charge on any atom is -0.493 e. The fourth-order valence-corrected chi connectivity index (χ4v) is 4.82. The van der Waals surface area contributed by atoms with Crippen molar-refractivity contribution in [3.63, 3.8) is 0 Å². The number of nitrogens with zero attached hydrogens (tertiary/aromatic N) is 3. The lowest BCUT2D eigenvalue weighted by atomic mass is 10.0. The molecule has 1 aromatic heterocycles. The van der Waals surface area contributed by atoms with Crippen molar-refractivity contribution >= 4 is 16.8 Å². The van der Waals surface area contributed by atoms with E-state index < -0.39 is 30.7 Å². The highest BCUT2D eigenvalue weighted by Gasteiger charge is 2.26. The number of likely N-dealkylation sites (tertiary alicyclic amines) is 1. The van der Waals surface area contributed by atoms with Gasteiger partial charge in [0.05, 0.1) is 31.7 Å². The monoisotopic (exact) mass is 531 g/mol. The number of hydrogen-bond donors (Lipinski definition) is 0. The highest BCUT2D eigenvalue weighted by molar-refractivity contribution is 5.80. The highest BCUT2D eigenvalue weighted by Crippen LogP contribution is 2.29. The van der Waals surface area contributed by atoms with Crippen molar-refractivity contribution in [2.24, 2.45) is 0 Å². The van der Waals surface area contributed by atoms with Gasteiger partial charge in [-0.05, 0) is 48.7 Å². The molecule has 0 saturated carbocycles. The number of carbonyl (C=O) groups is 1. The Hall–Kier alpha value is -3.89. The molecule has 1 aliphatic heterocycles. The van der Waals surface area contributed by atoms with Crippen molar-refractivity contribution in [3.05, 3.63) is 62.8 Å². The minimum absolute atomic E-state index is 0.0313. The first-order valence-electron chi connectivity index (χ1n) is 12.3. The maximum absolute atomic E-state index is 13.8. The predicted octanol–water partition coefficient (Wildman–Crippen LogP) is 3.10. The molecule has 2 aromatic carbocycles. The van der Waals surface area contributed by atoms with E-state index in [0.717, 1.165) is 4.57 Å². The second-order valence-electron chi connectivity index (χ2n) is 9.20. The zero-order valence-electron chi connectivity index (χ0n) is 21.6. The van der Waals surface area contributed by atoms with E-state index in [1.807, 2.05) is 0 Å². The zero-order valence-corrected chi connectivity index (χ0v) is 21.6. The molecular weight excluding hydrogens is 500 g/mol. The second kappa shape index (κ2) is 11.7. The van der Waals surface area contributed by atoms with Crippen LogP contribution in [0, 0.1) is 0 Å². The van der Waals surface area contributed by atoms with E-state index in [4.69, 9.17) is 14.2 Å². The van der Waals surface area contributed by atoms with Gasteiger partial charge in [-0.15, -0.1) is 0 Å². The molecule has 0 N–H and O–H groups in total. The largest absolute Gasteiger partial charge is 0.493 e. The number of piperidine rings is 1. The molecule has 0 atom stereocenters. The number of methoxy groups -OCH3 is 2. The quantitative estimate of drug-likeness (QED) is 0.422. The van der Waals surface area contributed by atoms with Gasteiger partial charge in [-0.3, -0.25) is 18.7 Å². The third kappa shape index (κ3) is 5.36. The number of ether oxygens (including phenoxy) is 3. The Kier molecular flexibility index (Phi) is 8.33. The fourth-order valence-electron chi connectivity index (χ4n) is 4.82. The van der Waals surface area contributed by atoms with Crippen LogP contribution in [0.25, 0.3) is 10.9 Å². The Morgan fingerprint density at radius 2 is 1.68 bits per heavy atom. The smallest absolute Gasteiger partial charge is 0.332 e. The van der Waals surface area contributed by atoms with E-state index in [0.29, 0.717) is 48.5 Å². The average molecular weight is 532 g/mol. The van der Waals surface area contributed by atoms with Gasteiger partial charge in [0, 0.05) is 26.1 Å². The third-order valence-electron chi connectivity index (χ3n) is 6.85. The molecule has 0 spiro atoms. The first kappa shape index (κ1) is 27.2. The summed E-state index contributed by atoms with van der Waals surface area (Å²) >= 11 is 0. The topological polar surface area (TPSA) is 92.0 Å². The summed E-state index contributed by atoms with van der Waals surface area (Å²) in [6, 6.07) is 9.35. The lowest BCUT2D eigenvalue weighted by Gasteiger charge is -2.33. The van der Waals surface area contributed by atoms with Gasteiger partial charge in [0.25, 0.3) is 5.56 Å². The summed E-state index contributed by atoms with van der Waals surface area (Å²) in [6.07, 6.45) is -0.219. The van der Waals surface area contributed by atoms with Gasteiger partial charge in [0.15, 0.2) is 17.6 Å². The first-order chi connectivity index (χ1) is 18.3. The molecule has 2 heterocycles. The number of halogens is 2. The number of rotatable bonds is 9. The van der Waals surface area contributed by atoms with E-state index in [9.17, 15) is 23.2 Å². The highest BCUT2D eigenvalue weighted by atomic mass is 19.1. The van der Waals surface area contributed by atoms with Crippen LogP contribution < -0.4 is 25.5 Å². The standard InChI is InChI=1S/C27H31F2N3O6/c1-17(33)30-10-8-19(9-11-30)32-23-6-5-20(38-21(14-28)15-29)13-22(23)26(34)31(27(32)35)16-18-4-7-24(36-2)25(12-18)37-3/h4-7,12-13,19,21H,8-11,14-16H2,1-3H3. The number of amides is 1. The molecule has 204 valence electrons. The molecule has 0 aliphatic carbocycles. The van der Waals surface area contributed by atoms with Crippen molar-refractivity contribution in [3.8, 4) is 17.2 Å². The van der Waals surface area contributed by atoms with Crippen LogP contribution in [0.2, 0.25) is 0 Å². The number of hydrogen-bond acceptors (Lipinski definition) is 6. The average Bonchev–Trinajstić information content (AvgIpc) is 2.94. The second-order valence-corrected chi connectivity index (χ2v) is 9.20.